The van der Waals surface area contributed by atoms with Gasteiger partial charge in [-0.25, -0.2) is 4.68 Å². The number of nitrogens with zero attached hydrogens (tertiary/aromatic N) is 4. The minimum absolute atomic E-state index is 0.344. The maximum atomic E-state index is 6.07. The van der Waals surface area contributed by atoms with Crippen molar-refractivity contribution in [1.29, 1.82) is 0 Å². The number of nitrogen functional groups attached to an aromatic ring is 1. The summed E-state index contributed by atoms with van der Waals surface area (Å²) in [7, 11) is 0. The zero-order chi connectivity index (χ0) is 15.0. The van der Waals surface area contributed by atoms with Crippen LogP contribution in [0.15, 0.2) is 18.2 Å². The zero-order valence-corrected chi connectivity index (χ0v) is 13.1. The third kappa shape index (κ3) is 2.75. The Balaban J connectivity index is 1.94. The number of aromatic nitrogens is 4. The quantitative estimate of drug-likeness (QED) is 0.861. The summed E-state index contributed by atoms with van der Waals surface area (Å²) in [6.07, 6.45) is 3.42. The Kier molecular flexibility index (Phi) is 3.85. The monoisotopic (exact) mass is 305 g/mol. The van der Waals surface area contributed by atoms with Gasteiger partial charge in [-0.1, -0.05) is 25.4 Å². The molecular formula is C15H20ClN5. The molecule has 2 aromatic rings. The van der Waals surface area contributed by atoms with Crippen LogP contribution in [0.3, 0.4) is 0 Å². The summed E-state index contributed by atoms with van der Waals surface area (Å²) in [5.41, 5.74) is 7.52. The van der Waals surface area contributed by atoms with Gasteiger partial charge in [-0.3, -0.25) is 0 Å². The number of anilines is 1. The van der Waals surface area contributed by atoms with Gasteiger partial charge < -0.3 is 5.73 Å². The lowest BCUT2D eigenvalue weighted by Gasteiger charge is -2.32. The van der Waals surface area contributed by atoms with Gasteiger partial charge in [-0.15, -0.1) is 5.10 Å². The predicted octanol–water partition coefficient (Wildman–Crippen LogP) is 3.57. The van der Waals surface area contributed by atoms with E-state index in [0.29, 0.717) is 22.7 Å². The van der Waals surface area contributed by atoms with Crippen LogP contribution in [0, 0.1) is 11.8 Å². The summed E-state index contributed by atoms with van der Waals surface area (Å²) in [6, 6.07) is 5.78. The molecule has 2 N–H and O–H groups in total. The summed E-state index contributed by atoms with van der Waals surface area (Å²) in [6.45, 7) is 4.62. The predicted molar refractivity (Wildman–Crippen MR) is 83.9 cm³/mol. The van der Waals surface area contributed by atoms with Gasteiger partial charge in [-0.2, -0.15) is 0 Å². The molecule has 1 aromatic heterocycles. The lowest BCUT2D eigenvalue weighted by Crippen LogP contribution is -2.24. The van der Waals surface area contributed by atoms with Crippen molar-refractivity contribution < 1.29 is 0 Å². The van der Waals surface area contributed by atoms with Gasteiger partial charge in [0.25, 0.3) is 0 Å². The highest BCUT2D eigenvalue weighted by atomic mass is 35.5. The summed E-state index contributed by atoms with van der Waals surface area (Å²) in [4.78, 5) is 0. The highest BCUT2D eigenvalue weighted by Crippen LogP contribution is 2.38. The van der Waals surface area contributed by atoms with Crippen molar-refractivity contribution in [3.8, 4) is 11.4 Å². The number of rotatable bonds is 2. The number of hydrogen-bond acceptors (Lipinski definition) is 4. The van der Waals surface area contributed by atoms with Crippen LogP contribution in [-0.4, -0.2) is 20.2 Å². The molecule has 3 unspecified atom stereocenters. The first-order valence-electron chi connectivity index (χ1n) is 7.39. The van der Waals surface area contributed by atoms with Crippen molar-refractivity contribution >= 4 is 17.3 Å². The van der Waals surface area contributed by atoms with Gasteiger partial charge >= 0.3 is 0 Å². The smallest absolute Gasteiger partial charge is 0.184 e. The molecular weight excluding hydrogens is 286 g/mol. The van der Waals surface area contributed by atoms with Crippen LogP contribution in [0.1, 0.15) is 39.2 Å². The summed E-state index contributed by atoms with van der Waals surface area (Å²) in [5, 5.41) is 12.9. The van der Waals surface area contributed by atoms with Gasteiger partial charge in [0, 0.05) is 16.3 Å². The third-order valence-electron chi connectivity index (χ3n) is 4.66. The second-order valence-electron chi connectivity index (χ2n) is 6.10. The average Bonchev–Trinajstić information content (AvgIpc) is 2.91. The Bertz CT molecular complexity index is 639. The van der Waals surface area contributed by atoms with Crippen molar-refractivity contribution in [3.05, 3.63) is 23.2 Å². The average molecular weight is 306 g/mol. The van der Waals surface area contributed by atoms with Crippen molar-refractivity contribution in [1.82, 2.24) is 20.2 Å². The first kappa shape index (κ1) is 14.3. The molecule has 1 aliphatic rings. The maximum Gasteiger partial charge on any atom is 0.184 e. The van der Waals surface area contributed by atoms with Crippen LogP contribution in [0.25, 0.3) is 11.4 Å². The van der Waals surface area contributed by atoms with E-state index < -0.39 is 0 Å². The van der Waals surface area contributed by atoms with E-state index in [1.807, 2.05) is 16.8 Å². The van der Waals surface area contributed by atoms with Crippen molar-refractivity contribution in [3.63, 3.8) is 0 Å². The summed E-state index contributed by atoms with van der Waals surface area (Å²) >= 11 is 5.96. The van der Waals surface area contributed by atoms with E-state index in [1.165, 1.54) is 6.42 Å². The zero-order valence-electron chi connectivity index (χ0n) is 12.3. The normalized spacial score (nSPS) is 26.0. The minimum Gasteiger partial charge on any atom is -0.398 e. The lowest BCUT2D eigenvalue weighted by atomic mass is 9.79. The highest BCUT2D eigenvalue weighted by molar-refractivity contribution is 6.31. The molecule has 5 nitrogen and oxygen atoms in total. The third-order valence-corrected chi connectivity index (χ3v) is 4.90. The van der Waals surface area contributed by atoms with Gasteiger partial charge in [-0.05, 0) is 59.7 Å². The molecule has 1 aromatic carbocycles. The number of nitrogens with two attached hydrogens (primary N) is 1. The van der Waals surface area contributed by atoms with Gasteiger partial charge in [0.05, 0.1) is 6.04 Å². The molecule has 0 aliphatic heterocycles. The van der Waals surface area contributed by atoms with Gasteiger partial charge in [0.15, 0.2) is 5.82 Å². The Morgan fingerprint density at radius 2 is 2.05 bits per heavy atom. The Hall–Kier alpha value is -1.62. The topological polar surface area (TPSA) is 69.6 Å². The fourth-order valence-corrected chi connectivity index (χ4v) is 3.28. The molecule has 1 saturated carbocycles. The SMILES string of the molecule is CC1CCC(n2nnnc2-c2ccc(Cl)cc2N)CC1C. The molecule has 0 bridgehead atoms. The Morgan fingerprint density at radius 3 is 2.76 bits per heavy atom. The van der Waals surface area contributed by atoms with E-state index in [1.54, 1.807) is 6.07 Å². The van der Waals surface area contributed by atoms with Crippen LogP contribution in [0.4, 0.5) is 5.69 Å². The lowest BCUT2D eigenvalue weighted by molar-refractivity contribution is 0.200. The Morgan fingerprint density at radius 1 is 1.24 bits per heavy atom. The number of benzene rings is 1. The summed E-state index contributed by atoms with van der Waals surface area (Å²) < 4.78 is 1.93. The summed E-state index contributed by atoms with van der Waals surface area (Å²) in [5.74, 6) is 2.18. The van der Waals surface area contributed by atoms with Crippen molar-refractivity contribution in [2.75, 3.05) is 5.73 Å². The molecule has 112 valence electrons. The number of tetrazole rings is 1. The molecule has 0 saturated heterocycles. The van der Waals surface area contributed by atoms with Crippen molar-refractivity contribution in [2.45, 2.75) is 39.2 Å². The van der Waals surface area contributed by atoms with Crippen LogP contribution >= 0.6 is 11.6 Å². The van der Waals surface area contributed by atoms with E-state index in [4.69, 9.17) is 17.3 Å². The van der Waals surface area contributed by atoms with E-state index in [0.717, 1.165) is 30.1 Å². The molecule has 3 atom stereocenters. The van der Waals surface area contributed by atoms with Crippen LogP contribution in [0.5, 0.6) is 0 Å². The van der Waals surface area contributed by atoms with Gasteiger partial charge in [0.2, 0.25) is 0 Å². The van der Waals surface area contributed by atoms with Crippen LogP contribution in [-0.2, 0) is 0 Å². The van der Waals surface area contributed by atoms with E-state index in [9.17, 15) is 0 Å². The standard InChI is InChI=1S/C15H20ClN5/c1-9-3-5-12(7-10(9)2)21-15(18-19-20-21)13-6-4-11(16)8-14(13)17/h4,6,8-10,12H,3,5,7,17H2,1-2H3. The van der Waals surface area contributed by atoms with E-state index in [-0.39, 0.29) is 0 Å². The van der Waals surface area contributed by atoms with Crippen molar-refractivity contribution in [2.24, 2.45) is 11.8 Å². The fourth-order valence-electron chi connectivity index (χ4n) is 3.10. The molecule has 21 heavy (non-hydrogen) atoms. The first-order chi connectivity index (χ1) is 10.1. The van der Waals surface area contributed by atoms with E-state index >= 15 is 0 Å². The molecule has 3 rings (SSSR count). The maximum absolute atomic E-state index is 6.07. The molecule has 1 heterocycles. The molecule has 1 fully saturated rings. The second-order valence-corrected chi connectivity index (χ2v) is 6.54. The number of halogens is 1. The molecule has 0 spiro atoms. The molecule has 0 amide bonds. The second kappa shape index (κ2) is 5.64. The first-order valence-corrected chi connectivity index (χ1v) is 7.77. The molecule has 6 heteroatoms. The Labute approximate surface area is 129 Å². The van der Waals surface area contributed by atoms with Gasteiger partial charge in [0.1, 0.15) is 0 Å². The van der Waals surface area contributed by atoms with Crippen LogP contribution < -0.4 is 5.73 Å². The van der Waals surface area contributed by atoms with E-state index in [2.05, 4.69) is 29.4 Å². The van der Waals surface area contributed by atoms with Crippen LogP contribution in [0.2, 0.25) is 5.02 Å². The number of hydrogen-bond donors (Lipinski definition) is 1. The molecule has 1 aliphatic carbocycles. The minimum atomic E-state index is 0.344. The molecule has 0 radical (unpaired) electrons. The fraction of sp³-hybridized carbons (Fsp3) is 0.533. The highest BCUT2D eigenvalue weighted by Gasteiger charge is 2.28. The largest absolute Gasteiger partial charge is 0.398 e.